The van der Waals surface area contributed by atoms with E-state index in [1.807, 2.05) is 79.8 Å². The van der Waals surface area contributed by atoms with Crippen molar-refractivity contribution in [1.82, 2.24) is 10.2 Å². The Morgan fingerprint density at radius 1 is 0.968 bits per heavy atom. The van der Waals surface area contributed by atoms with Crippen LogP contribution in [-0.4, -0.2) is 38.3 Å². The molecule has 0 bridgehead atoms. The van der Waals surface area contributed by atoms with E-state index in [-0.39, 0.29) is 5.91 Å². The second-order valence-corrected chi connectivity index (χ2v) is 7.29. The van der Waals surface area contributed by atoms with Gasteiger partial charge in [-0.05, 0) is 28.8 Å². The van der Waals surface area contributed by atoms with E-state index >= 15 is 0 Å². The quantitative estimate of drug-likeness (QED) is 0.556. The van der Waals surface area contributed by atoms with Crippen molar-refractivity contribution in [3.8, 4) is 5.75 Å². The van der Waals surface area contributed by atoms with Crippen LogP contribution in [0.2, 0.25) is 0 Å². The third-order valence-electron chi connectivity index (χ3n) is 4.82. The van der Waals surface area contributed by atoms with Crippen molar-refractivity contribution in [2.24, 2.45) is 0 Å². The van der Waals surface area contributed by atoms with Crippen LogP contribution < -0.4 is 10.1 Å². The zero-order valence-electron chi connectivity index (χ0n) is 18.0. The molecule has 31 heavy (non-hydrogen) atoms. The Bertz CT molecular complexity index is 1090. The molecule has 0 aliphatic rings. The first-order chi connectivity index (χ1) is 15.0. The molecule has 0 unspecified atom stereocenters. The van der Waals surface area contributed by atoms with Crippen LogP contribution >= 0.6 is 0 Å². The molecule has 1 amide bonds. The molecule has 5 heteroatoms. The normalized spacial score (nSPS) is 11.0. The maximum absolute atomic E-state index is 13.0. The minimum Gasteiger partial charge on any atom is -0.496 e. The highest BCUT2D eigenvalue weighted by Gasteiger charge is 2.17. The monoisotopic (exact) mass is 414 g/mol. The SMILES string of the molecule is COc1ccc(/C(=C/N(C)C)c2ccccc2C=O)cc1C(=O)NCc1ccccc1. The minimum atomic E-state index is -0.226. The number of methoxy groups -OCH3 is 1. The molecular formula is C26H26N2O3. The van der Waals surface area contributed by atoms with Crippen LogP contribution in [0.1, 0.15) is 37.4 Å². The molecule has 1 N–H and O–H groups in total. The molecule has 0 heterocycles. The van der Waals surface area contributed by atoms with E-state index in [2.05, 4.69) is 5.32 Å². The molecule has 0 radical (unpaired) electrons. The largest absolute Gasteiger partial charge is 0.496 e. The number of carbonyl (C=O) groups is 2. The number of nitrogens with zero attached hydrogens (tertiary/aromatic N) is 1. The number of rotatable bonds is 8. The fraction of sp³-hybridized carbons (Fsp3) is 0.154. The molecule has 0 aliphatic heterocycles. The van der Waals surface area contributed by atoms with Crippen molar-refractivity contribution in [1.29, 1.82) is 0 Å². The Labute approximate surface area is 183 Å². The highest BCUT2D eigenvalue weighted by Crippen LogP contribution is 2.30. The van der Waals surface area contributed by atoms with Crippen LogP contribution in [0.4, 0.5) is 0 Å². The zero-order chi connectivity index (χ0) is 22.2. The maximum atomic E-state index is 13.0. The van der Waals surface area contributed by atoms with Gasteiger partial charge in [0.15, 0.2) is 6.29 Å². The van der Waals surface area contributed by atoms with Gasteiger partial charge < -0.3 is 15.0 Å². The first-order valence-corrected chi connectivity index (χ1v) is 9.97. The fourth-order valence-corrected chi connectivity index (χ4v) is 3.33. The molecule has 3 aromatic rings. The Balaban J connectivity index is 2.00. The van der Waals surface area contributed by atoms with Crippen LogP contribution in [0.3, 0.4) is 0 Å². The number of nitrogens with one attached hydrogen (secondary N) is 1. The summed E-state index contributed by atoms with van der Waals surface area (Å²) in [6, 6.07) is 22.6. The summed E-state index contributed by atoms with van der Waals surface area (Å²) in [5.41, 5.74) is 4.48. The van der Waals surface area contributed by atoms with Gasteiger partial charge in [-0.1, -0.05) is 60.7 Å². The van der Waals surface area contributed by atoms with Gasteiger partial charge in [-0.15, -0.1) is 0 Å². The molecule has 3 rings (SSSR count). The van der Waals surface area contributed by atoms with Crippen molar-refractivity contribution in [2.75, 3.05) is 21.2 Å². The second-order valence-electron chi connectivity index (χ2n) is 7.29. The standard InChI is InChI=1S/C26H26N2O3/c1-28(2)17-24(22-12-8-7-11-21(22)18-29)20-13-14-25(31-3)23(15-20)26(30)27-16-19-9-5-4-6-10-19/h4-15,17-18H,16H2,1-3H3,(H,27,30)/b24-17-. The van der Waals surface area contributed by atoms with Gasteiger partial charge in [0.1, 0.15) is 5.75 Å². The third-order valence-corrected chi connectivity index (χ3v) is 4.82. The van der Waals surface area contributed by atoms with Crippen molar-refractivity contribution in [2.45, 2.75) is 6.54 Å². The lowest BCUT2D eigenvalue weighted by Crippen LogP contribution is -2.23. The Morgan fingerprint density at radius 2 is 1.68 bits per heavy atom. The molecule has 158 valence electrons. The number of hydrogen-bond acceptors (Lipinski definition) is 4. The number of carbonyl (C=O) groups excluding carboxylic acids is 2. The van der Waals surface area contributed by atoms with E-state index in [1.54, 1.807) is 25.3 Å². The molecule has 0 atom stereocenters. The Kier molecular flexibility index (Phi) is 7.22. The molecule has 0 aromatic heterocycles. The average Bonchev–Trinajstić information content (AvgIpc) is 2.81. The highest BCUT2D eigenvalue weighted by atomic mass is 16.5. The van der Waals surface area contributed by atoms with Crippen LogP contribution in [0.5, 0.6) is 5.75 Å². The van der Waals surface area contributed by atoms with Gasteiger partial charge >= 0.3 is 0 Å². The summed E-state index contributed by atoms with van der Waals surface area (Å²) in [4.78, 5) is 26.5. The lowest BCUT2D eigenvalue weighted by atomic mass is 9.93. The molecular weight excluding hydrogens is 388 g/mol. The first kappa shape index (κ1) is 21.8. The van der Waals surface area contributed by atoms with Crippen LogP contribution in [0, 0.1) is 0 Å². The van der Waals surface area contributed by atoms with Gasteiger partial charge in [-0.2, -0.15) is 0 Å². The van der Waals surface area contributed by atoms with E-state index in [1.165, 1.54) is 0 Å². The Morgan fingerprint density at radius 3 is 2.35 bits per heavy atom. The lowest BCUT2D eigenvalue weighted by molar-refractivity contribution is 0.0947. The van der Waals surface area contributed by atoms with E-state index < -0.39 is 0 Å². The van der Waals surface area contributed by atoms with Gasteiger partial charge in [0.05, 0.1) is 12.7 Å². The predicted octanol–water partition coefficient (Wildman–Crippen LogP) is 4.39. The van der Waals surface area contributed by atoms with Gasteiger partial charge in [-0.25, -0.2) is 0 Å². The van der Waals surface area contributed by atoms with Gasteiger partial charge in [0.25, 0.3) is 5.91 Å². The molecule has 3 aromatic carbocycles. The van der Waals surface area contributed by atoms with Crippen LogP contribution in [0.25, 0.3) is 5.57 Å². The number of ether oxygens (including phenoxy) is 1. The van der Waals surface area contributed by atoms with Crippen molar-refractivity contribution in [3.63, 3.8) is 0 Å². The number of benzene rings is 3. The van der Waals surface area contributed by atoms with E-state index in [0.717, 1.165) is 28.5 Å². The summed E-state index contributed by atoms with van der Waals surface area (Å²) >= 11 is 0. The zero-order valence-corrected chi connectivity index (χ0v) is 18.0. The smallest absolute Gasteiger partial charge is 0.255 e. The van der Waals surface area contributed by atoms with Crippen LogP contribution in [0.15, 0.2) is 79.0 Å². The topological polar surface area (TPSA) is 58.6 Å². The predicted molar refractivity (Wildman–Crippen MR) is 123 cm³/mol. The Hall–Kier alpha value is -3.86. The van der Waals surface area contributed by atoms with Gasteiger partial charge in [0, 0.05) is 38.0 Å². The highest BCUT2D eigenvalue weighted by molar-refractivity contribution is 5.99. The summed E-state index contributed by atoms with van der Waals surface area (Å²) < 4.78 is 5.44. The molecule has 0 fully saturated rings. The molecule has 0 saturated heterocycles. The summed E-state index contributed by atoms with van der Waals surface area (Å²) in [6.45, 7) is 0.418. The number of amides is 1. The van der Waals surface area contributed by atoms with E-state index in [4.69, 9.17) is 4.74 Å². The van der Waals surface area contributed by atoms with Crippen molar-refractivity contribution >= 4 is 17.8 Å². The summed E-state index contributed by atoms with van der Waals surface area (Å²) in [5.74, 6) is 0.262. The third kappa shape index (κ3) is 5.39. The van der Waals surface area contributed by atoms with Gasteiger partial charge in [-0.3, -0.25) is 9.59 Å². The molecule has 5 nitrogen and oxygen atoms in total. The molecule has 0 spiro atoms. The number of aldehydes is 1. The summed E-state index contributed by atoms with van der Waals surface area (Å²) in [7, 11) is 5.38. The average molecular weight is 415 g/mol. The minimum absolute atomic E-state index is 0.226. The molecule has 0 aliphatic carbocycles. The van der Waals surface area contributed by atoms with Crippen LogP contribution in [-0.2, 0) is 6.54 Å². The first-order valence-electron chi connectivity index (χ1n) is 9.97. The molecule has 0 saturated carbocycles. The lowest BCUT2D eigenvalue weighted by Gasteiger charge is -2.17. The second kappa shape index (κ2) is 10.3. The van der Waals surface area contributed by atoms with Gasteiger partial charge in [0.2, 0.25) is 0 Å². The summed E-state index contributed by atoms with van der Waals surface area (Å²) in [5, 5.41) is 2.95. The van der Waals surface area contributed by atoms with E-state index in [9.17, 15) is 9.59 Å². The van der Waals surface area contributed by atoms with E-state index in [0.29, 0.717) is 23.4 Å². The summed E-state index contributed by atoms with van der Waals surface area (Å²) in [6.07, 6.45) is 2.78. The van der Waals surface area contributed by atoms with Crippen molar-refractivity contribution < 1.29 is 14.3 Å². The van der Waals surface area contributed by atoms with Crippen molar-refractivity contribution in [3.05, 3.63) is 107 Å². The number of hydrogen-bond donors (Lipinski definition) is 1. The fourth-order valence-electron chi connectivity index (χ4n) is 3.33. The maximum Gasteiger partial charge on any atom is 0.255 e.